The van der Waals surface area contributed by atoms with Crippen molar-refractivity contribution < 1.29 is 22.0 Å². The van der Waals surface area contributed by atoms with Crippen molar-refractivity contribution in [2.24, 2.45) is 21.0 Å². The van der Waals surface area contributed by atoms with Crippen LogP contribution >= 0.6 is 0 Å². The van der Waals surface area contributed by atoms with Crippen LogP contribution in [0, 0.1) is 25.4 Å². The molecule has 0 aliphatic heterocycles. The average Bonchev–Trinajstić information content (AvgIpc) is 2.54. The maximum absolute atomic E-state index is 10.5. The molecule has 154 valence electrons. The van der Waals surface area contributed by atoms with Crippen LogP contribution in [0.2, 0.25) is 0 Å². The van der Waals surface area contributed by atoms with Crippen molar-refractivity contribution in [2.75, 3.05) is 13.1 Å². The van der Waals surface area contributed by atoms with E-state index in [1.54, 1.807) is 13.8 Å². The van der Waals surface area contributed by atoms with Gasteiger partial charge in [-0.1, -0.05) is 5.16 Å². The van der Waals surface area contributed by atoms with Crippen LogP contribution in [0.25, 0.3) is 0 Å². The fourth-order valence-corrected chi connectivity index (χ4v) is 1.39. The van der Waals surface area contributed by atoms with Crippen LogP contribution in [0.3, 0.4) is 0 Å². The molecule has 0 aliphatic rings. The molecule has 0 saturated carbocycles. The SMILES string of the molecule is CC(=N[O-])C(C)(C)NCCCNC(C)(C)C(C)=NO.O=N[O-].O=N[O-].[Co+3]. The van der Waals surface area contributed by atoms with E-state index in [0.717, 1.165) is 30.2 Å². The molecule has 0 spiro atoms. The Bertz CT molecular complexity index is 393. The van der Waals surface area contributed by atoms with Crippen molar-refractivity contribution in [1.82, 2.24) is 10.6 Å². The van der Waals surface area contributed by atoms with Crippen LogP contribution in [0.5, 0.6) is 0 Å². The van der Waals surface area contributed by atoms with Gasteiger partial charge in [0, 0.05) is 5.71 Å². The van der Waals surface area contributed by atoms with Gasteiger partial charge in [0.25, 0.3) is 0 Å². The van der Waals surface area contributed by atoms with E-state index >= 15 is 0 Å². The van der Waals surface area contributed by atoms with Crippen LogP contribution in [0.1, 0.15) is 48.0 Å². The summed E-state index contributed by atoms with van der Waals surface area (Å²) in [7, 11) is 0. The summed E-state index contributed by atoms with van der Waals surface area (Å²) in [6, 6.07) is 0. The molecule has 3 N–H and O–H groups in total. The molecule has 0 bridgehead atoms. The monoisotopic (exact) mass is 422 g/mol. The Hall–Kier alpha value is -1.83. The van der Waals surface area contributed by atoms with Gasteiger partial charge < -0.3 is 46.4 Å². The zero-order valence-corrected chi connectivity index (χ0v) is 16.8. The van der Waals surface area contributed by atoms with E-state index in [2.05, 4.69) is 20.9 Å². The molecular weight excluding hydrogens is 395 g/mol. The van der Waals surface area contributed by atoms with Crippen molar-refractivity contribution in [1.29, 1.82) is 0 Å². The minimum absolute atomic E-state index is 0. The summed E-state index contributed by atoms with van der Waals surface area (Å²) >= 11 is 0. The first kappa shape index (κ1) is 31.9. The third kappa shape index (κ3) is 17.0. The number of hydrogen-bond acceptors (Lipinski definition) is 12. The van der Waals surface area contributed by atoms with Crippen molar-refractivity contribution >= 4 is 11.4 Å². The molecule has 0 rings (SSSR count). The molecule has 0 atom stereocenters. The Balaban J connectivity index is -0.000000302. The molecule has 0 fully saturated rings. The van der Waals surface area contributed by atoms with E-state index in [0.29, 0.717) is 11.4 Å². The minimum Gasteiger partial charge on any atom is -0.792 e. The van der Waals surface area contributed by atoms with Crippen molar-refractivity contribution in [3.8, 4) is 0 Å². The van der Waals surface area contributed by atoms with Gasteiger partial charge in [-0.15, -0.1) is 10.7 Å². The van der Waals surface area contributed by atoms with Crippen LogP contribution in [-0.2, 0) is 16.8 Å². The largest absolute Gasteiger partial charge is 3.00 e. The first-order chi connectivity index (χ1) is 11.5. The molecule has 0 unspecified atom stereocenters. The number of rotatable bonds is 8. The molecule has 26 heavy (non-hydrogen) atoms. The zero-order valence-electron chi connectivity index (χ0n) is 15.7. The van der Waals surface area contributed by atoms with E-state index in [1.165, 1.54) is 0 Å². The van der Waals surface area contributed by atoms with Gasteiger partial charge in [0.2, 0.25) is 0 Å². The van der Waals surface area contributed by atoms with Crippen molar-refractivity contribution in [3.63, 3.8) is 0 Å². The summed E-state index contributed by atoms with van der Waals surface area (Å²) in [6.07, 6.45) is 0.901. The van der Waals surface area contributed by atoms with Gasteiger partial charge in [-0.3, -0.25) is 0 Å². The Kier molecular flexibility index (Phi) is 22.0. The van der Waals surface area contributed by atoms with E-state index < -0.39 is 0 Å². The average molecular weight is 422 g/mol. The molecular formula is C13H27CoN6O6. The molecule has 0 saturated heterocycles. The van der Waals surface area contributed by atoms with Gasteiger partial charge in [-0.05, 0) is 61.1 Å². The molecule has 0 amide bonds. The molecule has 13 heteroatoms. The summed E-state index contributed by atoms with van der Waals surface area (Å²) in [5, 5.41) is 50.1. The number of nitrogens with zero attached hydrogens (tertiary/aromatic N) is 4. The fourth-order valence-electron chi connectivity index (χ4n) is 1.39. The Morgan fingerprint density at radius 3 is 1.46 bits per heavy atom. The van der Waals surface area contributed by atoms with E-state index in [9.17, 15) is 5.21 Å². The van der Waals surface area contributed by atoms with Gasteiger partial charge in [0.15, 0.2) is 0 Å². The van der Waals surface area contributed by atoms with Gasteiger partial charge in [-0.25, -0.2) is 0 Å². The molecule has 0 heterocycles. The van der Waals surface area contributed by atoms with Gasteiger partial charge in [0.1, 0.15) is 0 Å². The summed E-state index contributed by atoms with van der Waals surface area (Å²) < 4.78 is 0. The topological polar surface area (TPSA) is 197 Å². The maximum atomic E-state index is 10.5. The second kappa shape index (κ2) is 18.0. The summed E-state index contributed by atoms with van der Waals surface area (Å²) in [5.74, 6) is 0. The molecule has 0 aromatic heterocycles. The van der Waals surface area contributed by atoms with E-state index in [1.807, 2.05) is 27.7 Å². The van der Waals surface area contributed by atoms with Gasteiger partial charge >= 0.3 is 16.8 Å². The summed E-state index contributed by atoms with van der Waals surface area (Å²) in [6.45, 7) is 12.9. The number of oxime groups is 1. The normalized spacial score (nSPS) is 11.8. The second-order valence-corrected chi connectivity index (χ2v) is 5.97. The predicted molar refractivity (Wildman–Crippen MR) is 98.5 cm³/mol. The first-order valence-electron chi connectivity index (χ1n) is 7.27. The number of nitrogens with one attached hydrogen (secondary N) is 2. The predicted octanol–water partition coefficient (Wildman–Crippen LogP) is 2.42. The smallest absolute Gasteiger partial charge is 0.792 e. The van der Waals surface area contributed by atoms with Crippen LogP contribution in [-0.4, -0.2) is 40.8 Å². The molecule has 0 aliphatic carbocycles. The van der Waals surface area contributed by atoms with E-state index in [-0.39, 0.29) is 27.9 Å². The summed E-state index contributed by atoms with van der Waals surface area (Å²) in [4.78, 5) is 16.0. The minimum atomic E-state index is -0.375. The molecule has 12 nitrogen and oxygen atoms in total. The maximum Gasteiger partial charge on any atom is 3.00 e. The molecule has 0 aromatic rings. The third-order valence-electron chi connectivity index (χ3n) is 3.58. The zero-order chi connectivity index (χ0) is 20.5. The Morgan fingerprint density at radius 1 is 0.885 bits per heavy atom. The van der Waals surface area contributed by atoms with Crippen LogP contribution < -0.4 is 10.6 Å². The second-order valence-electron chi connectivity index (χ2n) is 5.97. The van der Waals surface area contributed by atoms with Crippen molar-refractivity contribution in [2.45, 2.75) is 59.0 Å². The first-order valence-corrected chi connectivity index (χ1v) is 7.27. The Morgan fingerprint density at radius 2 is 1.19 bits per heavy atom. The molecule has 0 aromatic carbocycles. The molecule has 0 radical (unpaired) electrons. The van der Waals surface area contributed by atoms with E-state index in [4.69, 9.17) is 25.4 Å². The van der Waals surface area contributed by atoms with Gasteiger partial charge in [0.05, 0.1) is 16.8 Å². The van der Waals surface area contributed by atoms with Gasteiger partial charge in [-0.2, -0.15) is 0 Å². The van der Waals surface area contributed by atoms with Crippen LogP contribution in [0.4, 0.5) is 0 Å². The standard InChI is InChI=1S/C13H28N4O2.Co.2HNO2/c1-10(16-18)12(3,4)14-8-7-9-15-13(5,6)11(2)17-19;;2*2-1-3/h14-15,18-19H,7-9H2,1-6H3;;2*(H,2,3)/q;+3;;/p-3. The van der Waals surface area contributed by atoms with Crippen molar-refractivity contribution in [3.05, 3.63) is 25.4 Å². The Labute approximate surface area is 163 Å². The number of hydrogen-bond donors (Lipinski definition) is 3. The third-order valence-corrected chi connectivity index (χ3v) is 3.58. The quantitative estimate of drug-likeness (QED) is 0.174. The van der Waals surface area contributed by atoms with Crippen LogP contribution in [0.15, 0.2) is 21.0 Å². The fraction of sp³-hybridized carbons (Fsp3) is 0.846. The summed E-state index contributed by atoms with van der Waals surface area (Å²) in [5.41, 5.74) is 0.496.